The Hall–Kier alpha value is -2.73. The molecule has 0 aromatic carbocycles. The molecule has 0 amide bonds. The zero-order chi connectivity index (χ0) is 16.2. The minimum Gasteiger partial charge on any atom is -0.411 e. The average molecular weight is 324 g/mol. The number of hydrogen-bond donors (Lipinski definition) is 2. The fourth-order valence-corrected chi connectivity index (χ4v) is 3.01. The Morgan fingerprint density at radius 3 is 2.83 bits per heavy atom. The predicted molar refractivity (Wildman–Crippen MR) is 93.8 cm³/mol. The van der Waals surface area contributed by atoms with Crippen LogP contribution in [0, 0.1) is 6.92 Å². The SMILES string of the molecule is CC(=NO)c1ccc(-c2cccc(Nc3cc(C)ccn3)n2)s1. The number of anilines is 2. The van der Waals surface area contributed by atoms with Crippen molar-refractivity contribution < 1.29 is 5.21 Å². The third kappa shape index (κ3) is 3.54. The molecule has 0 bridgehead atoms. The summed E-state index contributed by atoms with van der Waals surface area (Å²) in [6, 6.07) is 13.6. The number of oxime groups is 1. The minimum absolute atomic E-state index is 0.597. The highest BCUT2D eigenvalue weighted by Gasteiger charge is 2.08. The lowest BCUT2D eigenvalue weighted by molar-refractivity contribution is 0.319. The van der Waals surface area contributed by atoms with E-state index in [-0.39, 0.29) is 0 Å². The molecule has 2 N–H and O–H groups in total. The number of thiophene rings is 1. The van der Waals surface area contributed by atoms with Crippen LogP contribution in [-0.2, 0) is 0 Å². The molecule has 0 atom stereocenters. The number of aryl methyl sites for hydroxylation is 1. The lowest BCUT2D eigenvalue weighted by Crippen LogP contribution is -1.96. The van der Waals surface area contributed by atoms with Gasteiger partial charge in [-0.25, -0.2) is 9.97 Å². The van der Waals surface area contributed by atoms with Gasteiger partial charge in [0.05, 0.1) is 21.2 Å². The largest absolute Gasteiger partial charge is 0.411 e. The Kier molecular flexibility index (Phi) is 4.34. The molecule has 3 rings (SSSR count). The molecular weight excluding hydrogens is 308 g/mol. The summed E-state index contributed by atoms with van der Waals surface area (Å²) in [5.74, 6) is 1.51. The topological polar surface area (TPSA) is 70.4 Å². The van der Waals surface area contributed by atoms with Gasteiger partial charge in [0.25, 0.3) is 0 Å². The monoisotopic (exact) mass is 324 g/mol. The van der Waals surface area contributed by atoms with E-state index in [4.69, 9.17) is 5.21 Å². The lowest BCUT2D eigenvalue weighted by atomic mass is 10.3. The molecule has 6 heteroatoms. The second-order valence-corrected chi connectivity index (χ2v) is 6.18. The Morgan fingerprint density at radius 1 is 1.17 bits per heavy atom. The summed E-state index contributed by atoms with van der Waals surface area (Å²) in [6.07, 6.45) is 1.77. The molecule has 0 fully saturated rings. The Morgan fingerprint density at radius 2 is 2.04 bits per heavy atom. The molecule has 0 aliphatic rings. The molecule has 23 heavy (non-hydrogen) atoms. The van der Waals surface area contributed by atoms with Gasteiger partial charge in [-0.15, -0.1) is 11.3 Å². The fraction of sp³-hybridized carbons (Fsp3) is 0.118. The van der Waals surface area contributed by atoms with Crippen LogP contribution in [0.25, 0.3) is 10.6 Å². The van der Waals surface area contributed by atoms with E-state index >= 15 is 0 Å². The molecule has 0 aliphatic carbocycles. The fourth-order valence-electron chi connectivity index (χ4n) is 2.10. The molecule has 3 heterocycles. The summed E-state index contributed by atoms with van der Waals surface area (Å²) in [5.41, 5.74) is 2.60. The van der Waals surface area contributed by atoms with Gasteiger partial charge < -0.3 is 10.5 Å². The maximum atomic E-state index is 8.86. The standard InChI is InChI=1S/C17H16N4OS/c1-11-8-9-18-17(10-11)20-16-5-3-4-13(19-16)15-7-6-14(23-15)12(2)21-22/h3-10,22H,1-2H3,(H,18,19,20). The first kappa shape index (κ1) is 15.2. The van der Waals surface area contributed by atoms with Crippen LogP contribution in [0.15, 0.2) is 53.8 Å². The van der Waals surface area contributed by atoms with Crippen LogP contribution < -0.4 is 5.32 Å². The van der Waals surface area contributed by atoms with Gasteiger partial charge in [-0.1, -0.05) is 11.2 Å². The molecular formula is C17H16N4OS. The Labute approximate surface area is 138 Å². The van der Waals surface area contributed by atoms with E-state index < -0.39 is 0 Å². The van der Waals surface area contributed by atoms with Gasteiger partial charge in [0.2, 0.25) is 0 Å². The van der Waals surface area contributed by atoms with Crippen molar-refractivity contribution in [1.82, 2.24) is 9.97 Å². The van der Waals surface area contributed by atoms with Crippen LogP contribution in [0.1, 0.15) is 17.4 Å². The van der Waals surface area contributed by atoms with Crippen LogP contribution in [0.4, 0.5) is 11.6 Å². The van der Waals surface area contributed by atoms with Crippen LogP contribution >= 0.6 is 11.3 Å². The number of rotatable bonds is 4. The van der Waals surface area contributed by atoms with Gasteiger partial charge in [-0.3, -0.25) is 0 Å². The van der Waals surface area contributed by atoms with Crippen molar-refractivity contribution in [3.05, 3.63) is 59.1 Å². The number of pyridine rings is 2. The van der Waals surface area contributed by atoms with Gasteiger partial charge in [0.15, 0.2) is 0 Å². The van der Waals surface area contributed by atoms with E-state index in [1.54, 1.807) is 13.1 Å². The molecule has 0 aliphatic heterocycles. The lowest BCUT2D eigenvalue weighted by Gasteiger charge is -2.06. The first-order chi connectivity index (χ1) is 11.2. The van der Waals surface area contributed by atoms with Crippen molar-refractivity contribution in [2.75, 3.05) is 5.32 Å². The normalized spacial score (nSPS) is 11.5. The molecule has 0 unspecified atom stereocenters. The molecule has 3 aromatic heterocycles. The first-order valence-corrected chi connectivity index (χ1v) is 7.93. The predicted octanol–water partition coefficient (Wildman–Crippen LogP) is 4.46. The number of aromatic nitrogens is 2. The van der Waals surface area contributed by atoms with E-state index in [1.807, 2.05) is 49.4 Å². The highest BCUT2D eigenvalue weighted by atomic mass is 32.1. The van der Waals surface area contributed by atoms with Gasteiger partial charge in [-0.2, -0.15) is 0 Å². The van der Waals surface area contributed by atoms with Crippen LogP contribution in [0.3, 0.4) is 0 Å². The maximum absolute atomic E-state index is 8.86. The maximum Gasteiger partial charge on any atom is 0.132 e. The molecule has 3 aromatic rings. The third-order valence-corrected chi connectivity index (χ3v) is 4.50. The highest BCUT2D eigenvalue weighted by molar-refractivity contribution is 7.17. The van der Waals surface area contributed by atoms with Crippen molar-refractivity contribution >= 4 is 28.7 Å². The Balaban J connectivity index is 1.86. The average Bonchev–Trinajstić information content (AvgIpc) is 3.04. The van der Waals surface area contributed by atoms with Crippen molar-refractivity contribution in [3.8, 4) is 10.6 Å². The molecule has 0 saturated heterocycles. The van der Waals surface area contributed by atoms with Crippen LogP contribution in [0.5, 0.6) is 0 Å². The number of nitrogens with one attached hydrogen (secondary N) is 1. The summed E-state index contributed by atoms with van der Waals surface area (Å²) >= 11 is 1.54. The minimum atomic E-state index is 0.597. The zero-order valence-corrected chi connectivity index (χ0v) is 13.6. The summed E-state index contributed by atoms with van der Waals surface area (Å²) in [6.45, 7) is 3.79. The van der Waals surface area contributed by atoms with Gasteiger partial charge in [0, 0.05) is 6.20 Å². The van der Waals surface area contributed by atoms with Crippen molar-refractivity contribution in [2.45, 2.75) is 13.8 Å². The van der Waals surface area contributed by atoms with Crippen molar-refractivity contribution in [3.63, 3.8) is 0 Å². The highest BCUT2D eigenvalue weighted by Crippen LogP contribution is 2.28. The van der Waals surface area contributed by atoms with Crippen molar-refractivity contribution in [1.29, 1.82) is 0 Å². The second kappa shape index (κ2) is 6.58. The van der Waals surface area contributed by atoms with E-state index in [1.165, 1.54) is 11.3 Å². The third-order valence-electron chi connectivity index (χ3n) is 3.29. The van der Waals surface area contributed by atoms with Crippen molar-refractivity contribution in [2.24, 2.45) is 5.16 Å². The van der Waals surface area contributed by atoms with Gasteiger partial charge in [0.1, 0.15) is 11.6 Å². The summed E-state index contributed by atoms with van der Waals surface area (Å²) < 4.78 is 0. The Bertz CT molecular complexity index is 857. The van der Waals surface area contributed by atoms with Crippen LogP contribution in [-0.4, -0.2) is 20.9 Å². The molecule has 5 nitrogen and oxygen atoms in total. The summed E-state index contributed by atoms with van der Waals surface area (Å²) in [7, 11) is 0. The zero-order valence-electron chi connectivity index (χ0n) is 12.8. The van der Waals surface area contributed by atoms with Gasteiger partial charge >= 0.3 is 0 Å². The summed E-state index contributed by atoms with van der Waals surface area (Å²) in [4.78, 5) is 10.8. The molecule has 116 valence electrons. The number of nitrogens with zero attached hydrogens (tertiary/aromatic N) is 3. The van der Waals surface area contributed by atoms with E-state index in [2.05, 4.69) is 20.4 Å². The van der Waals surface area contributed by atoms with Crippen LogP contribution in [0.2, 0.25) is 0 Å². The summed E-state index contributed by atoms with van der Waals surface area (Å²) in [5, 5.41) is 15.3. The molecule has 0 radical (unpaired) electrons. The van der Waals surface area contributed by atoms with E-state index in [9.17, 15) is 0 Å². The van der Waals surface area contributed by atoms with E-state index in [0.29, 0.717) is 5.71 Å². The smallest absolute Gasteiger partial charge is 0.132 e. The molecule has 0 spiro atoms. The second-order valence-electron chi connectivity index (χ2n) is 5.10. The van der Waals surface area contributed by atoms with Gasteiger partial charge in [-0.05, 0) is 55.8 Å². The first-order valence-electron chi connectivity index (χ1n) is 7.11. The molecule has 0 saturated carbocycles. The van der Waals surface area contributed by atoms with E-state index in [0.717, 1.165) is 32.6 Å². The number of hydrogen-bond acceptors (Lipinski definition) is 6. The quantitative estimate of drug-likeness (QED) is 0.422.